The number of ether oxygens (including phenoxy) is 1. The number of guanidine groups is 1. The van der Waals surface area contributed by atoms with Gasteiger partial charge in [0.25, 0.3) is 0 Å². The maximum atomic E-state index is 5.50. The lowest BCUT2D eigenvalue weighted by atomic mass is 10.2. The number of nitrogens with one attached hydrogen (secondary N) is 1. The Hall–Kier alpha value is -0.460. The van der Waals surface area contributed by atoms with Crippen molar-refractivity contribution >= 4 is 17.7 Å². The van der Waals surface area contributed by atoms with Crippen molar-refractivity contribution in [3.8, 4) is 0 Å². The van der Waals surface area contributed by atoms with Gasteiger partial charge in [-0.15, -0.1) is 0 Å². The fourth-order valence-electron chi connectivity index (χ4n) is 1.65. The highest BCUT2D eigenvalue weighted by atomic mass is 32.2. The predicted molar refractivity (Wildman–Crippen MR) is 69.6 cm³/mol. The third kappa shape index (κ3) is 4.19. The molecule has 16 heavy (non-hydrogen) atoms. The molecular formula is C10H22N4OS. The molecule has 1 heterocycles. The Kier molecular flexibility index (Phi) is 6.59. The Morgan fingerprint density at radius 2 is 2.50 bits per heavy atom. The maximum absolute atomic E-state index is 5.50. The van der Waals surface area contributed by atoms with Gasteiger partial charge in [-0.05, 0) is 18.6 Å². The number of hydrazine groups is 1. The van der Waals surface area contributed by atoms with Crippen LogP contribution in [-0.2, 0) is 4.74 Å². The summed E-state index contributed by atoms with van der Waals surface area (Å²) in [6.45, 7) is 1.49. The smallest absolute Gasteiger partial charge is 0.208 e. The summed E-state index contributed by atoms with van der Waals surface area (Å²) >= 11 is 1.99. The van der Waals surface area contributed by atoms with Gasteiger partial charge >= 0.3 is 0 Å². The highest BCUT2D eigenvalue weighted by molar-refractivity contribution is 7.99. The average Bonchev–Trinajstić information content (AvgIpc) is 2.82. The molecule has 0 aromatic heterocycles. The van der Waals surface area contributed by atoms with Gasteiger partial charge in [0.2, 0.25) is 5.96 Å². The quantitative estimate of drug-likeness (QED) is 0.240. The van der Waals surface area contributed by atoms with Crippen LogP contribution >= 0.6 is 11.8 Å². The van der Waals surface area contributed by atoms with Crippen molar-refractivity contribution in [2.75, 3.05) is 38.8 Å². The van der Waals surface area contributed by atoms with Crippen molar-refractivity contribution in [3.63, 3.8) is 0 Å². The molecule has 0 spiro atoms. The van der Waals surface area contributed by atoms with E-state index >= 15 is 0 Å². The van der Waals surface area contributed by atoms with Gasteiger partial charge in [0.1, 0.15) is 0 Å². The van der Waals surface area contributed by atoms with Crippen molar-refractivity contribution in [2.24, 2.45) is 10.8 Å². The van der Waals surface area contributed by atoms with Crippen LogP contribution in [0.4, 0.5) is 0 Å². The zero-order valence-corrected chi connectivity index (χ0v) is 10.9. The summed E-state index contributed by atoms with van der Waals surface area (Å²) in [5.74, 6) is 8.67. The van der Waals surface area contributed by atoms with Gasteiger partial charge in [-0.3, -0.25) is 10.4 Å². The Bertz CT molecular complexity index is 219. The third-order valence-corrected chi connectivity index (χ3v) is 3.83. The standard InChI is InChI=1S/C10H22N4OS/c1-14(9-4-7-16-8-9)10(13-11)12-5-3-6-15-2/h9H,3-8,11H2,1-2H3,(H,12,13). The van der Waals surface area contributed by atoms with E-state index in [2.05, 4.69) is 15.3 Å². The Morgan fingerprint density at radius 1 is 1.69 bits per heavy atom. The molecule has 3 N–H and O–H groups in total. The van der Waals surface area contributed by atoms with Crippen LogP contribution in [0, 0.1) is 0 Å². The minimum atomic E-state index is 0.558. The summed E-state index contributed by atoms with van der Waals surface area (Å²) in [5, 5.41) is 0. The van der Waals surface area contributed by atoms with E-state index < -0.39 is 0 Å². The first-order valence-corrected chi connectivity index (χ1v) is 6.75. The van der Waals surface area contributed by atoms with E-state index in [4.69, 9.17) is 10.6 Å². The van der Waals surface area contributed by atoms with Crippen LogP contribution in [-0.4, -0.2) is 55.7 Å². The summed E-state index contributed by atoms with van der Waals surface area (Å²) < 4.78 is 4.98. The molecule has 0 bridgehead atoms. The number of nitrogens with two attached hydrogens (primary N) is 1. The van der Waals surface area contributed by atoms with Crippen molar-refractivity contribution in [2.45, 2.75) is 18.9 Å². The van der Waals surface area contributed by atoms with Crippen molar-refractivity contribution in [1.82, 2.24) is 10.3 Å². The van der Waals surface area contributed by atoms with E-state index in [0.717, 1.165) is 31.3 Å². The second-order valence-corrected chi connectivity index (χ2v) is 4.97. The summed E-state index contributed by atoms with van der Waals surface area (Å²) in [7, 11) is 3.75. The molecule has 1 aliphatic heterocycles. The zero-order valence-electron chi connectivity index (χ0n) is 10.1. The molecule has 0 aromatic rings. The number of aliphatic imine (C=N–C) groups is 1. The van der Waals surface area contributed by atoms with Crippen LogP contribution in [0.1, 0.15) is 12.8 Å². The first kappa shape index (κ1) is 13.6. The monoisotopic (exact) mass is 246 g/mol. The lowest BCUT2D eigenvalue weighted by Crippen LogP contribution is -2.47. The number of methoxy groups -OCH3 is 1. The average molecular weight is 246 g/mol. The number of nitrogens with zero attached hydrogens (tertiary/aromatic N) is 2. The summed E-state index contributed by atoms with van der Waals surface area (Å²) in [4.78, 5) is 6.59. The van der Waals surface area contributed by atoms with Gasteiger partial charge in [0.15, 0.2) is 0 Å². The zero-order chi connectivity index (χ0) is 11.8. The highest BCUT2D eigenvalue weighted by Gasteiger charge is 2.21. The van der Waals surface area contributed by atoms with Crippen LogP contribution in [0.5, 0.6) is 0 Å². The molecule has 1 fully saturated rings. The number of hydrogen-bond acceptors (Lipinski definition) is 4. The van der Waals surface area contributed by atoms with E-state index in [9.17, 15) is 0 Å². The maximum Gasteiger partial charge on any atom is 0.208 e. The molecule has 1 atom stereocenters. The minimum Gasteiger partial charge on any atom is -0.385 e. The fourth-order valence-corrected chi connectivity index (χ4v) is 2.92. The second kappa shape index (κ2) is 7.76. The minimum absolute atomic E-state index is 0.558. The van der Waals surface area contributed by atoms with Gasteiger partial charge in [0.05, 0.1) is 0 Å². The van der Waals surface area contributed by atoms with E-state index in [0.29, 0.717) is 6.04 Å². The lowest BCUT2D eigenvalue weighted by molar-refractivity contribution is 0.197. The van der Waals surface area contributed by atoms with Crippen LogP contribution in [0.3, 0.4) is 0 Å². The largest absolute Gasteiger partial charge is 0.385 e. The fraction of sp³-hybridized carbons (Fsp3) is 0.900. The SMILES string of the molecule is COCCCN=C(NN)N(C)C1CCSC1. The Balaban J connectivity index is 2.38. The molecule has 1 saturated heterocycles. The van der Waals surface area contributed by atoms with Crippen LogP contribution in [0.15, 0.2) is 4.99 Å². The summed E-state index contributed by atoms with van der Waals surface area (Å²) in [6, 6.07) is 0.558. The molecule has 94 valence electrons. The van der Waals surface area contributed by atoms with Crippen LogP contribution in [0.2, 0.25) is 0 Å². The van der Waals surface area contributed by atoms with Gasteiger partial charge < -0.3 is 9.64 Å². The predicted octanol–water partition coefficient (Wildman–Crippen LogP) is 0.280. The molecule has 5 nitrogen and oxygen atoms in total. The molecule has 6 heteroatoms. The molecule has 0 radical (unpaired) electrons. The first-order valence-electron chi connectivity index (χ1n) is 5.60. The molecule has 0 amide bonds. The van der Waals surface area contributed by atoms with E-state index in [1.54, 1.807) is 7.11 Å². The van der Waals surface area contributed by atoms with Crippen LogP contribution in [0.25, 0.3) is 0 Å². The number of thioether (sulfide) groups is 1. The Morgan fingerprint density at radius 3 is 3.06 bits per heavy atom. The van der Waals surface area contributed by atoms with Crippen LogP contribution < -0.4 is 11.3 Å². The van der Waals surface area contributed by atoms with Crippen molar-refractivity contribution in [3.05, 3.63) is 0 Å². The molecule has 0 aliphatic carbocycles. The number of rotatable bonds is 5. The summed E-state index contributed by atoms with van der Waals surface area (Å²) in [6.07, 6.45) is 2.13. The van der Waals surface area contributed by atoms with E-state index in [1.165, 1.54) is 12.2 Å². The van der Waals surface area contributed by atoms with Crippen molar-refractivity contribution < 1.29 is 4.74 Å². The van der Waals surface area contributed by atoms with Gasteiger partial charge in [-0.1, -0.05) is 0 Å². The first-order chi connectivity index (χ1) is 7.79. The second-order valence-electron chi connectivity index (χ2n) is 3.82. The number of hydrogen-bond donors (Lipinski definition) is 2. The third-order valence-electron chi connectivity index (χ3n) is 2.68. The summed E-state index contributed by atoms with van der Waals surface area (Å²) in [5.41, 5.74) is 2.68. The normalized spacial score (nSPS) is 21.2. The van der Waals surface area contributed by atoms with Crippen molar-refractivity contribution in [1.29, 1.82) is 0 Å². The molecule has 0 saturated carbocycles. The van der Waals surface area contributed by atoms with Gasteiger partial charge in [-0.25, -0.2) is 5.84 Å². The molecule has 0 aromatic carbocycles. The molecule has 1 aliphatic rings. The molecular weight excluding hydrogens is 224 g/mol. The van der Waals surface area contributed by atoms with Gasteiger partial charge in [-0.2, -0.15) is 11.8 Å². The molecule has 1 rings (SSSR count). The van der Waals surface area contributed by atoms with E-state index in [1.807, 2.05) is 18.8 Å². The highest BCUT2D eigenvalue weighted by Crippen LogP contribution is 2.21. The molecule has 1 unspecified atom stereocenters. The van der Waals surface area contributed by atoms with E-state index in [-0.39, 0.29) is 0 Å². The Labute approximate surface area is 102 Å². The lowest BCUT2D eigenvalue weighted by Gasteiger charge is -2.26. The van der Waals surface area contributed by atoms with Gasteiger partial charge in [0, 0.05) is 39.1 Å². The topological polar surface area (TPSA) is 62.9 Å².